The summed E-state index contributed by atoms with van der Waals surface area (Å²) in [5.41, 5.74) is 2.09. The molecule has 140 valence electrons. The van der Waals surface area contributed by atoms with Gasteiger partial charge in [-0.25, -0.2) is 4.98 Å². The highest BCUT2D eigenvalue weighted by Crippen LogP contribution is 2.17. The number of fused-ring (bicyclic) bond motifs is 1. The quantitative estimate of drug-likeness (QED) is 0.562. The van der Waals surface area contributed by atoms with E-state index in [2.05, 4.69) is 10.3 Å². The molecule has 6 nitrogen and oxygen atoms in total. The fourth-order valence-corrected chi connectivity index (χ4v) is 3.57. The van der Waals surface area contributed by atoms with Crippen molar-refractivity contribution in [1.29, 1.82) is 0 Å². The summed E-state index contributed by atoms with van der Waals surface area (Å²) < 4.78 is 6.68. The van der Waals surface area contributed by atoms with Gasteiger partial charge in [-0.15, -0.1) is 11.3 Å². The summed E-state index contributed by atoms with van der Waals surface area (Å²) in [7, 11) is 1.59. The van der Waals surface area contributed by atoms with Gasteiger partial charge in [0.25, 0.3) is 11.5 Å². The van der Waals surface area contributed by atoms with E-state index < -0.39 is 0 Å². The molecule has 0 radical (unpaired) electrons. The summed E-state index contributed by atoms with van der Waals surface area (Å²) in [6.45, 7) is 0.401. The first-order chi connectivity index (χ1) is 13.6. The fourth-order valence-electron chi connectivity index (χ4n) is 2.84. The molecule has 2 heterocycles. The first-order valence-corrected chi connectivity index (χ1v) is 9.49. The zero-order valence-corrected chi connectivity index (χ0v) is 15.9. The number of benzene rings is 2. The number of rotatable bonds is 5. The van der Waals surface area contributed by atoms with Gasteiger partial charge in [0, 0.05) is 11.3 Å². The van der Waals surface area contributed by atoms with Crippen LogP contribution < -0.4 is 15.6 Å². The van der Waals surface area contributed by atoms with E-state index in [0.29, 0.717) is 23.2 Å². The monoisotopic (exact) mass is 391 g/mol. The predicted octanol–water partition coefficient (Wildman–Crippen LogP) is 3.77. The molecule has 0 atom stereocenters. The van der Waals surface area contributed by atoms with Crippen LogP contribution in [0.3, 0.4) is 0 Å². The number of nitrogens with zero attached hydrogens (tertiary/aromatic N) is 2. The Balaban J connectivity index is 1.47. The maximum atomic E-state index is 12.5. The number of hydrogen-bond donors (Lipinski definition) is 1. The maximum absolute atomic E-state index is 12.5. The minimum atomic E-state index is -0.199. The van der Waals surface area contributed by atoms with E-state index in [4.69, 9.17) is 4.74 Å². The molecule has 0 spiro atoms. The molecule has 4 rings (SSSR count). The molecule has 0 saturated carbocycles. The standard InChI is InChI=1S/C21H17N3O3S/c1-27-17-8-6-16(7-9-17)23-19(25)15-4-2-14(3-5-15)12-24-13-22-20-18(21(24)26)10-11-28-20/h2-11,13H,12H2,1H3,(H,23,25). The van der Waals surface area contributed by atoms with Crippen molar-refractivity contribution < 1.29 is 9.53 Å². The van der Waals surface area contributed by atoms with Gasteiger partial charge in [0.15, 0.2) is 0 Å². The molecule has 0 aliphatic rings. The molecule has 2 aromatic heterocycles. The molecule has 7 heteroatoms. The highest BCUT2D eigenvalue weighted by atomic mass is 32.1. The van der Waals surface area contributed by atoms with Crippen LogP contribution in [0.1, 0.15) is 15.9 Å². The second-order valence-corrected chi connectivity index (χ2v) is 7.09. The Morgan fingerprint density at radius 1 is 1.11 bits per heavy atom. The Morgan fingerprint density at radius 2 is 1.86 bits per heavy atom. The molecule has 28 heavy (non-hydrogen) atoms. The van der Waals surface area contributed by atoms with E-state index in [1.165, 1.54) is 11.3 Å². The molecule has 1 N–H and O–H groups in total. The second-order valence-electron chi connectivity index (χ2n) is 6.20. The Bertz CT molecular complexity index is 1180. The molecule has 0 aliphatic heterocycles. The summed E-state index contributed by atoms with van der Waals surface area (Å²) >= 11 is 1.45. The molecule has 4 aromatic rings. The predicted molar refractivity (Wildman–Crippen MR) is 110 cm³/mol. The van der Waals surface area contributed by atoms with Gasteiger partial charge >= 0.3 is 0 Å². The Kier molecular flexibility index (Phi) is 4.90. The molecule has 1 amide bonds. The molecular weight excluding hydrogens is 374 g/mol. The first-order valence-electron chi connectivity index (χ1n) is 8.61. The van der Waals surface area contributed by atoms with Gasteiger partial charge < -0.3 is 10.1 Å². The Hall–Kier alpha value is -3.45. The third-order valence-corrected chi connectivity index (χ3v) is 5.19. The van der Waals surface area contributed by atoms with Gasteiger partial charge in [0.1, 0.15) is 10.6 Å². The minimum Gasteiger partial charge on any atom is -0.497 e. The van der Waals surface area contributed by atoms with E-state index in [9.17, 15) is 9.59 Å². The van der Waals surface area contributed by atoms with Crippen LogP contribution >= 0.6 is 11.3 Å². The average Bonchev–Trinajstić information content (AvgIpc) is 3.21. The summed E-state index contributed by atoms with van der Waals surface area (Å²) in [5.74, 6) is 0.531. The molecule has 0 unspecified atom stereocenters. The van der Waals surface area contributed by atoms with Crippen LogP contribution in [0.5, 0.6) is 5.75 Å². The van der Waals surface area contributed by atoms with Crippen molar-refractivity contribution in [1.82, 2.24) is 9.55 Å². The van der Waals surface area contributed by atoms with Crippen molar-refractivity contribution in [2.24, 2.45) is 0 Å². The normalized spacial score (nSPS) is 10.8. The first kappa shape index (κ1) is 17.9. The molecule has 2 aromatic carbocycles. The largest absolute Gasteiger partial charge is 0.497 e. The number of anilines is 1. The van der Waals surface area contributed by atoms with E-state index >= 15 is 0 Å². The van der Waals surface area contributed by atoms with Gasteiger partial charge in [-0.3, -0.25) is 14.2 Å². The number of ether oxygens (including phenoxy) is 1. The Labute approximate surface area is 165 Å². The average molecular weight is 391 g/mol. The summed E-state index contributed by atoms with van der Waals surface area (Å²) in [4.78, 5) is 29.9. The third kappa shape index (κ3) is 3.65. The van der Waals surface area contributed by atoms with Crippen molar-refractivity contribution in [3.8, 4) is 5.75 Å². The van der Waals surface area contributed by atoms with E-state index in [1.54, 1.807) is 60.5 Å². The van der Waals surface area contributed by atoms with E-state index in [-0.39, 0.29) is 11.5 Å². The van der Waals surface area contributed by atoms with E-state index in [1.807, 2.05) is 17.5 Å². The van der Waals surface area contributed by atoms with Gasteiger partial charge in [-0.1, -0.05) is 12.1 Å². The minimum absolute atomic E-state index is 0.0624. The zero-order valence-electron chi connectivity index (χ0n) is 15.1. The van der Waals surface area contributed by atoms with Crippen molar-refractivity contribution in [3.05, 3.63) is 87.8 Å². The second kappa shape index (κ2) is 7.66. The zero-order chi connectivity index (χ0) is 19.5. The lowest BCUT2D eigenvalue weighted by Crippen LogP contribution is -2.20. The van der Waals surface area contributed by atoms with Gasteiger partial charge in [-0.05, 0) is 53.4 Å². The Morgan fingerprint density at radius 3 is 2.57 bits per heavy atom. The number of aromatic nitrogens is 2. The highest BCUT2D eigenvalue weighted by Gasteiger charge is 2.08. The van der Waals surface area contributed by atoms with Crippen LogP contribution in [0.4, 0.5) is 5.69 Å². The molecule has 0 aliphatic carbocycles. The van der Waals surface area contributed by atoms with Crippen molar-refractivity contribution in [2.75, 3.05) is 12.4 Å². The summed E-state index contributed by atoms with van der Waals surface area (Å²) in [5, 5.41) is 5.33. The highest BCUT2D eigenvalue weighted by molar-refractivity contribution is 7.16. The van der Waals surface area contributed by atoms with Gasteiger partial charge in [-0.2, -0.15) is 0 Å². The van der Waals surface area contributed by atoms with Crippen molar-refractivity contribution in [3.63, 3.8) is 0 Å². The number of methoxy groups -OCH3 is 1. The van der Waals surface area contributed by atoms with Crippen LogP contribution in [-0.4, -0.2) is 22.6 Å². The van der Waals surface area contributed by atoms with Crippen LogP contribution in [0.15, 0.2) is 71.1 Å². The smallest absolute Gasteiger partial charge is 0.262 e. The van der Waals surface area contributed by atoms with Crippen LogP contribution in [-0.2, 0) is 6.54 Å². The van der Waals surface area contributed by atoms with Crippen LogP contribution in [0.2, 0.25) is 0 Å². The van der Waals surface area contributed by atoms with E-state index in [0.717, 1.165) is 16.1 Å². The lowest BCUT2D eigenvalue weighted by molar-refractivity contribution is 0.102. The van der Waals surface area contributed by atoms with Crippen LogP contribution in [0.25, 0.3) is 10.2 Å². The number of nitrogens with one attached hydrogen (secondary N) is 1. The topological polar surface area (TPSA) is 73.2 Å². The van der Waals surface area contributed by atoms with Crippen molar-refractivity contribution in [2.45, 2.75) is 6.54 Å². The van der Waals surface area contributed by atoms with Gasteiger partial charge in [0.05, 0.1) is 25.4 Å². The SMILES string of the molecule is COc1ccc(NC(=O)c2ccc(Cn3cnc4sccc4c3=O)cc2)cc1. The lowest BCUT2D eigenvalue weighted by Gasteiger charge is -2.08. The number of carbonyl (C=O) groups is 1. The number of amides is 1. The number of hydrogen-bond acceptors (Lipinski definition) is 5. The number of carbonyl (C=O) groups excluding carboxylic acids is 1. The van der Waals surface area contributed by atoms with Crippen LogP contribution in [0, 0.1) is 0 Å². The number of thiophene rings is 1. The summed E-state index contributed by atoms with van der Waals surface area (Å²) in [6, 6.07) is 16.1. The maximum Gasteiger partial charge on any atom is 0.262 e. The van der Waals surface area contributed by atoms with Crippen molar-refractivity contribution >= 4 is 33.1 Å². The third-order valence-electron chi connectivity index (χ3n) is 4.37. The molecular formula is C21H17N3O3S. The van der Waals surface area contributed by atoms with Gasteiger partial charge in [0.2, 0.25) is 0 Å². The molecule has 0 fully saturated rings. The molecule has 0 bridgehead atoms. The summed E-state index contributed by atoms with van der Waals surface area (Å²) in [6.07, 6.45) is 1.56. The fraction of sp³-hybridized carbons (Fsp3) is 0.0952. The lowest BCUT2D eigenvalue weighted by atomic mass is 10.1. The molecule has 0 saturated heterocycles.